The molecule has 92 valence electrons. The second kappa shape index (κ2) is 6.30. The maximum absolute atomic E-state index is 11.5. The smallest absolute Gasteiger partial charge is 0.337 e. The molecule has 0 saturated heterocycles. The summed E-state index contributed by atoms with van der Waals surface area (Å²) in [6, 6.07) is 4.94. The van der Waals surface area contributed by atoms with Crippen molar-refractivity contribution in [1.29, 1.82) is 0 Å². The minimum Gasteiger partial charge on any atom is -0.478 e. The highest BCUT2D eigenvalue weighted by molar-refractivity contribution is 7.98. The number of rotatable bonds is 5. The molecule has 0 radical (unpaired) electrons. The average molecular weight is 253 g/mol. The summed E-state index contributed by atoms with van der Waals surface area (Å²) >= 11 is 1.58. The molecule has 1 aromatic carbocycles. The van der Waals surface area contributed by atoms with Crippen LogP contribution >= 0.6 is 11.8 Å². The number of anilines is 1. The highest BCUT2D eigenvalue weighted by Gasteiger charge is 2.12. The zero-order valence-corrected chi connectivity index (χ0v) is 10.6. The van der Waals surface area contributed by atoms with E-state index in [2.05, 4.69) is 5.32 Å². The Morgan fingerprint density at radius 1 is 1.41 bits per heavy atom. The first-order valence-electron chi connectivity index (χ1n) is 5.17. The lowest BCUT2D eigenvalue weighted by Gasteiger charge is -2.08. The number of carbonyl (C=O) groups excluding carboxylic acids is 1. The van der Waals surface area contributed by atoms with Gasteiger partial charge in [-0.2, -0.15) is 11.8 Å². The van der Waals surface area contributed by atoms with Gasteiger partial charge in [0.25, 0.3) is 0 Å². The van der Waals surface area contributed by atoms with Crippen LogP contribution in [-0.2, 0) is 4.79 Å². The van der Waals surface area contributed by atoms with Crippen molar-refractivity contribution < 1.29 is 14.7 Å². The van der Waals surface area contributed by atoms with E-state index in [1.165, 1.54) is 0 Å². The molecule has 1 aromatic rings. The monoisotopic (exact) mass is 253 g/mol. The minimum absolute atomic E-state index is 0.127. The number of amides is 1. The average Bonchev–Trinajstić information content (AvgIpc) is 2.28. The second-order valence-corrected chi connectivity index (χ2v) is 4.63. The molecule has 0 aliphatic heterocycles. The first-order chi connectivity index (χ1) is 8.04. The van der Waals surface area contributed by atoms with E-state index >= 15 is 0 Å². The topological polar surface area (TPSA) is 66.4 Å². The molecule has 0 saturated carbocycles. The van der Waals surface area contributed by atoms with Crippen LogP contribution in [0, 0.1) is 6.92 Å². The third-order valence-corrected chi connectivity index (χ3v) is 2.83. The molecule has 0 atom stereocenters. The van der Waals surface area contributed by atoms with Gasteiger partial charge in [-0.1, -0.05) is 11.6 Å². The normalized spacial score (nSPS) is 10.0. The number of carboxylic acids is 1. The van der Waals surface area contributed by atoms with Crippen molar-refractivity contribution in [3.63, 3.8) is 0 Å². The first kappa shape index (κ1) is 13.6. The number of nitrogens with one attached hydrogen (secondary N) is 1. The summed E-state index contributed by atoms with van der Waals surface area (Å²) < 4.78 is 0. The van der Waals surface area contributed by atoms with E-state index in [9.17, 15) is 9.59 Å². The Hall–Kier alpha value is -1.49. The number of benzene rings is 1. The summed E-state index contributed by atoms with van der Waals surface area (Å²) in [6.07, 6.45) is 2.30. The number of carboxylic acid groups (broad SMARTS) is 1. The van der Waals surface area contributed by atoms with Crippen LogP contribution in [-0.4, -0.2) is 29.0 Å². The van der Waals surface area contributed by atoms with Crippen LogP contribution < -0.4 is 5.32 Å². The maximum atomic E-state index is 11.5. The lowest BCUT2D eigenvalue weighted by Crippen LogP contribution is -2.15. The molecule has 0 fully saturated rings. The zero-order chi connectivity index (χ0) is 12.8. The Balaban J connectivity index is 2.83. The predicted molar refractivity (Wildman–Crippen MR) is 69.8 cm³/mol. The molecule has 0 unspecified atom stereocenters. The molecular weight excluding hydrogens is 238 g/mol. The lowest BCUT2D eigenvalue weighted by molar-refractivity contribution is -0.115. The number of hydrogen-bond donors (Lipinski definition) is 2. The molecule has 17 heavy (non-hydrogen) atoms. The van der Waals surface area contributed by atoms with E-state index in [0.717, 1.165) is 11.3 Å². The first-order valence-corrected chi connectivity index (χ1v) is 6.56. The number of thioether (sulfide) groups is 1. The Kier molecular flexibility index (Phi) is 5.03. The van der Waals surface area contributed by atoms with Gasteiger partial charge >= 0.3 is 5.97 Å². The fourth-order valence-electron chi connectivity index (χ4n) is 1.35. The summed E-state index contributed by atoms with van der Waals surface area (Å²) in [6.45, 7) is 1.81. The van der Waals surface area contributed by atoms with Crippen LogP contribution in [0.2, 0.25) is 0 Å². The molecule has 0 aromatic heterocycles. The number of carbonyl (C=O) groups is 2. The van der Waals surface area contributed by atoms with Gasteiger partial charge in [0.1, 0.15) is 0 Å². The lowest BCUT2D eigenvalue weighted by atomic mass is 10.1. The molecule has 0 aliphatic rings. The number of hydrogen-bond acceptors (Lipinski definition) is 3. The Morgan fingerprint density at radius 3 is 2.71 bits per heavy atom. The molecule has 1 amide bonds. The second-order valence-electron chi connectivity index (χ2n) is 3.65. The summed E-state index contributed by atoms with van der Waals surface area (Å²) in [5.41, 5.74) is 1.33. The van der Waals surface area contributed by atoms with Gasteiger partial charge in [-0.05, 0) is 25.3 Å². The van der Waals surface area contributed by atoms with Gasteiger partial charge in [-0.15, -0.1) is 0 Å². The quantitative estimate of drug-likeness (QED) is 0.845. The maximum Gasteiger partial charge on any atom is 0.337 e. The summed E-state index contributed by atoms with van der Waals surface area (Å²) in [5.74, 6) is -0.473. The van der Waals surface area contributed by atoms with Crippen molar-refractivity contribution in [3.05, 3.63) is 29.3 Å². The van der Waals surface area contributed by atoms with Crippen LogP contribution in [0.25, 0.3) is 0 Å². The van der Waals surface area contributed by atoms with Gasteiger partial charge in [0.05, 0.1) is 11.3 Å². The van der Waals surface area contributed by atoms with Crippen LogP contribution in [0.4, 0.5) is 5.69 Å². The minimum atomic E-state index is -1.03. The van der Waals surface area contributed by atoms with Gasteiger partial charge in [-0.3, -0.25) is 4.79 Å². The van der Waals surface area contributed by atoms with Gasteiger partial charge in [-0.25, -0.2) is 4.79 Å². The van der Waals surface area contributed by atoms with Gasteiger partial charge in [0.2, 0.25) is 5.91 Å². The molecular formula is C12H15NO3S. The van der Waals surface area contributed by atoms with Crippen LogP contribution in [0.1, 0.15) is 22.3 Å². The Bertz CT molecular complexity index is 432. The number of aromatic carboxylic acids is 1. The molecule has 0 heterocycles. The summed E-state index contributed by atoms with van der Waals surface area (Å²) in [4.78, 5) is 22.5. The molecule has 1 rings (SSSR count). The summed E-state index contributed by atoms with van der Waals surface area (Å²) in [5, 5.41) is 11.6. The summed E-state index contributed by atoms with van der Waals surface area (Å²) in [7, 11) is 0. The van der Waals surface area contributed by atoms with Crippen molar-refractivity contribution in [1.82, 2.24) is 0 Å². The van der Waals surface area contributed by atoms with E-state index in [4.69, 9.17) is 5.11 Å². The zero-order valence-electron chi connectivity index (χ0n) is 9.82. The highest BCUT2D eigenvalue weighted by atomic mass is 32.2. The molecule has 0 spiro atoms. The van der Waals surface area contributed by atoms with Crippen molar-refractivity contribution in [2.75, 3.05) is 17.3 Å². The van der Waals surface area contributed by atoms with E-state index in [1.54, 1.807) is 30.0 Å². The third-order valence-electron chi connectivity index (χ3n) is 2.21. The molecule has 4 nitrogen and oxygen atoms in total. The highest BCUT2D eigenvalue weighted by Crippen LogP contribution is 2.17. The molecule has 0 aliphatic carbocycles. The SMILES string of the molecule is CSCCC(=O)Nc1ccc(C)cc1C(=O)O. The van der Waals surface area contributed by atoms with Crippen molar-refractivity contribution in [2.24, 2.45) is 0 Å². The van der Waals surface area contributed by atoms with Gasteiger partial charge in [0, 0.05) is 12.2 Å². The van der Waals surface area contributed by atoms with Crippen LogP contribution in [0.5, 0.6) is 0 Å². The van der Waals surface area contributed by atoms with Crippen LogP contribution in [0.3, 0.4) is 0 Å². The van der Waals surface area contributed by atoms with Crippen molar-refractivity contribution in [3.8, 4) is 0 Å². The third kappa shape index (κ3) is 4.11. The predicted octanol–water partition coefficient (Wildman–Crippen LogP) is 2.38. The van der Waals surface area contributed by atoms with Crippen LogP contribution in [0.15, 0.2) is 18.2 Å². The van der Waals surface area contributed by atoms with E-state index in [-0.39, 0.29) is 11.5 Å². The van der Waals surface area contributed by atoms with Crippen molar-refractivity contribution >= 4 is 29.3 Å². The molecule has 2 N–H and O–H groups in total. The van der Waals surface area contributed by atoms with E-state index in [0.29, 0.717) is 12.1 Å². The van der Waals surface area contributed by atoms with Crippen molar-refractivity contribution in [2.45, 2.75) is 13.3 Å². The molecule has 0 bridgehead atoms. The Labute approximate surface area is 104 Å². The standard InChI is InChI=1S/C12H15NO3S/c1-8-3-4-10(9(7-8)12(15)16)13-11(14)5-6-17-2/h3-4,7H,5-6H2,1-2H3,(H,13,14)(H,15,16). The fraction of sp³-hybridized carbons (Fsp3) is 0.333. The molecule has 5 heteroatoms. The Morgan fingerprint density at radius 2 is 2.12 bits per heavy atom. The van der Waals surface area contributed by atoms with E-state index in [1.807, 2.05) is 13.2 Å². The van der Waals surface area contributed by atoms with E-state index < -0.39 is 5.97 Å². The van der Waals surface area contributed by atoms with Gasteiger partial charge < -0.3 is 10.4 Å². The van der Waals surface area contributed by atoms with Gasteiger partial charge in [0.15, 0.2) is 0 Å². The largest absolute Gasteiger partial charge is 0.478 e. The fourth-order valence-corrected chi connectivity index (χ4v) is 1.74. The number of aryl methyl sites for hydroxylation is 1.